The number of aryl methyl sites for hydroxylation is 2. The summed E-state index contributed by atoms with van der Waals surface area (Å²) in [6.45, 7) is 3.98. The number of nitrogens with one attached hydrogen (secondary N) is 2. The maximum absolute atomic E-state index is 11.9. The Morgan fingerprint density at radius 1 is 1.17 bits per heavy atom. The molecule has 0 radical (unpaired) electrons. The van der Waals surface area contributed by atoms with Crippen LogP contribution in [0.15, 0.2) is 39.2 Å². The van der Waals surface area contributed by atoms with E-state index >= 15 is 0 Å². The van der Waals surface area contributed by atoms with Crippen molar-refractivity contribution in [3.63, 3.8) is 0 Å². The predicted octanol–water partition coefficient (Wildman–Crippen LogP) is 3.92. The van der Waals surface area contributed by atoms with Gasteiger partial charge >= 0.3 is 12.0 Å². The molecule has 2 heterocycles. The van der Waals surface area contributed by atoms with Gasteiger partial charge < -0.3 is 14.2 Å². The first-order valence-corrected chi connectivity index (χ1v) is 7.59. The molecule has 124 valence electrons. The number of anilines is 1. The molecule has 0 saturated heterocycles. The van der Waals surface area contributed by atoms with Gasteiger partial charge in [0.15, 0.2) is 0 Å². The van der Waals surface area contributed by atoms with Gasteiger partial charge in [-0.1, -0.05) is 28.8 Å². The highest BCUT2D eigenvalue weighted by Crippen LogP contribution is 2.26. The summed E-state index contributed by atoms with van der Waals surface area (Å²) in [6.07, 6.45) is 0. The predicted molar refractivity (Wildman–Crippen MR) is 88.8 cm³/mol. The van der Waals surface area contributed by atoms with Crippen molar-refractivity contribution in [3.05, 3.63) is 52.4 Å². The molecule has 0 fully saturated rings. The number of carbonyl (C=O) groups is 1. The number of benzene rings is 1. The molecule has 0 atom stereocenters. The molecule has 2 aromatic heterocycles. The lowest BCUT2D eigenvalue weighted by atomic mass is 10.2. The Hall–Kier alpha value is -2.80. The van der Waals surface area contributed by atoms with E-state index in [2.05, 4.69) is 20.8 Å². The molecule has 8 heteroatoms. The van der Waals surface area contributed by atoms with E-state index in [0.29, 0.717) is 22.9 Å². The van der Waals surface area contributed by atoms with Gasteiger partial charge in [0.2, 0.25) is 0 Å². The highest BCUT2D eigenvalue weighted by Gasteiger charge is 2.15. The molecular formula is C16H15ClN4O3. The van der Waals surface area contributed by atoms with Crippen molar-refractivity contribution < 1.29 is 13.6 Å². The van der Waals surface area contributed by atoms with E-state index in [1.807, 2.05) is 19.1 Å². The SMILES string of the molecule is Cc1cc(-c2nnc(NC(=O)NCc3ccc(Cl)cc3)o2)c(C)o1. The second kappa shape index (κ2) is 6.76. The lowest BCUT2D eigenvalue weighted by Crippen LogP contribution is -2.28. The minimum atomic E-state index is -0.444. The standard InChI is InChI=1S/C16H15ClN4O3/c1-9-7-13(10(2)23-9)14-20-21-16(24-14)19-15(22)18-8-11-3-5-12(17)6-4-11/h3-7H,8H2,1-2H3,(H2,18,19,21,22). The average molecular weight is 347 g/mol. The zero-order chi connectivity index (χ0) is 17.1. The number of hydrogen-bond donors (Lipinski definition) is 2. The van der Waals surface area contributed by atoms with Crippen LogP contribution in [0.2, 0.25) is 5.02 Å². The summed E-state index contributed by atoms with van der Waals surface area (Å²) in [5.41, 5.74) is 1.62. The fourth-order valence-electron chi connectivity index (χ4n) is 2.15. The second-order valence-corrected chi connectivity index (χ2v) is 5.61. The van der Waals surface area contributed by atoms with Crippen molar-refractivity contribution in [2.24, 2.45) is 0 Å². The number of rotatable bonds is 4. The normalized spacial score (nSPS) is 10.6. The minimum absolute atomic E-state index is 0.0110. The summed E-state index contributed by atoms with van der Waals surface area (Å²) in [7, 11) is 0. The van der Waals surface area contributed by atoms with Gasteiger partial charge in [0.25, 0.3) is 5.89 Å². The molecule has 24 heavy (non-hydrogen) atoms. The molecule has 3 rings (SSSR count). The van der Waals surface area contributed by atoms with Gasteiger partial charge in [0.05, 0.1) is 5.56 Å². The van der Waals surface area contributed by atoms with Crippen LogP contribution in [0, 0.1) is 13.8 Å². The van der Waals surface area contributed by atoms with Gasteiger partial charge in [0.1, 0.15) is 11.5 Å². The monoisotopic (exact) mass is 346 g/mol. The maximum Gasteiger partial charge on any atom is 0.324 e. The Kier molecular flexibility index (Phi) is 4.52. The zero-order valence-electron chi connectivity index (χ0n) is 13.1. The van der Waals surface area contributed by atoms with Crippen LogP contribution >= 0.6 is 11.6 Å². The van der Waals surface area contributed by atoms with E-state index in [4.69, 9.17) is 20.4 Å². The van der Waals surface area contributed by atoms with Crippen LogP contribution in [0.1, 0.15) is 17.1 Å². The molecule has 2 amide bonds. The minimum Gasteiger partial charge on any atom is -0.466 e. The first kappa shape index (κ1) is 16.1. The number of urea groups is 1. The second-order valence-electron chi connectivity index (χ2n) is 5.17. The van der Waals surface area contributed by atoms with E-state index in [1.165, 1.54) is 0 Å². The van der Waals surface area contributed by atoms with Crippen molar-refractivity contribution in [1.82, 2.24) is 15.5 Å². The van der Waals surface area contributed by atoms with Gasteiger partial charge in [-0.15, -0.1) is 5.10 Å². The lowest BCUT2D eigenvalue weighted by Gasteiger charge is -2.04. The summed E-state index contributed by atoms with van der Waals surface area (Å²) in [5.74, 6) is 1.71. The van der Waals surface area contributed by atoms with Crippen molar-refractivity contribution in [3.8, 4) is 11.5 Å². The quantitative estimate of drug-likeness (QED) is 0.746. The number of furan rings is 1. The molecule has 0 saturated carbocycles. The third kappa shape index (κ3) is 3.75. The third-order valence-electron chi connectivity index (χ3n) is 3.28. The van der Waals surface area contributed by atoms with Gasteiger partial charge in [-0.25, -0.2) is 4.79 Å². The number of hydrogen-bond acceptors (Lipinski definition) is 5. The van der Waals surface area contributed by atoms with Crippen LogP contribution in [-0.4, -0.2) is 16.2 Å². The molecular weight excluding hydrogens is 332 g/mol. The van der Waals surface area contributed by atoms with Crippen LogP contribution in [0.3, 0.4) is 0 Å². The first-order chi connectivity index (χ1) is 11.5. The van der Waals surface area contributed by atoms with Crippen molar-refractivity contribution in [1.29, 1.82) is 0 Å². The zero-order valence-corrected chi connectivity index (χ0v) is 13.8. The molecule has 0 aliphatic heterocycles. The van der Waals surface area contributed by atoms with Crippen molar-refractivity contribution >= 4 is 23.6 Å². The van der Waals surface area contributed by atoms with E-state index in [0.717, 1.165) is 11.3 Å². The van der Waals surface area contributed by atoms with Crippen molar-refractivity contribution in [2.75, 3.05) is 5.32 Å². The number of carbonyl (C=O) groups excluding carboxylic acids is 1. The van der Waals surface area contributed by atoms with Crippen molar-refractivity contribution in [2.45, 2.75) is 20.4 Å². The summed E-state index contributed by atoms with van der Waals surface area (Å²) >= 11 is 5.81. The van der Waals surface area contributed by atoms with Crippen LogP contribution in [0.25, 0.3) is 11.5 Å². The Bertz CT molecular complexity index is 855. The molecule has 0 aliphatic rings. The maximum atomic E-state index is 11.9. The molecule has 7 nitrogen and oxygen atoms in total. The van der Waals surface area contributed by atoms with Gasteiger partial charge in [-0.05, 0) is 37.6 Å². The van der Waals surface area contributed by atoms with Crippen LogP contribution in [-0.2, 0) is 6.54 Å². The number of aromatic nitrogens is 2. The van der Waals surface area contributed by atoms with E-state index in [-0.39, 0.29) is 11.9 Å². The van der Waals surface area contributed by atoms with E-state index < -0.39 is 6.03 Å². The summed E-state index contributed by atoms with van der Waals surface area (Å²) in [4.78, 5) is 11.9. The molecule has 3 aromatic rings. The van der Waals surface area contributed by atoms with Gasteiger partial charge in [-0.3, -0.25) is 5.32 Å². The molecule has 0 bridgehead atoms. The fraction of sp³-hybridized carbons (Fsp3) is 0.188. The topological polar surface area (TPSA) is 93.2 Å². The Balaban J connectivity index is 1.59. The van der Waals surface area contributed by atoms with Gasteiger partial charge in [0, 0.05) is 11.6 Å². The van der Waals surface area contributed by atoms with Gasteiger partial charge in [-0.2, -0.15) is 0 Å². The highest BCUT2D eigenvalue weighted by molar-refractivity contribution is 6.30. The van der Waals surface area contributed by atoms with E-state index in [1.54, 1.807) is 25.1 Å². The number of amides is 2. The third-order valence-corrected chi connectivity index (χ3v) is 3.54. The average Bonchev–Trinajstić information content (AvgIpc) is 3.12. The number of nitrogens with zero attached hydrogens (tertiary/aromatic N) is 2. The molecule has 1 aromatic carbocycles. The lowest BCUT2D eigenvalue weighted by molar-refractivity contribution is 0.251. The molecule has 2 N–H and O–H groups in total. The smallest absolute Gasteiger partial charge is 0.324 e. The summed E-state index contributed by atoms with van der Waals surface area (Å²) in [5, 5.41) is 13.5. The van der Waals surface area contributed by atoms with Crippen LogP contribution < -0.4 is 10.6 Å². The molecule has 0 aliphatic carbocycles. The van der Waals surface area contributed by atoms with Crippen LogP contribution in [0.5, 0.6) is 0 Å². The molecule has 0 spiro atoms. The Labute approximate surface area is 143 Å². The fourth-order valence-corrected chi connectivity index (χ4v) is 2.28. The van der Waals surface area contributed by atoms with E-state index in [9.17, 15) is 4.79 Å². The largest absolute Gasteiger partial charge is 0.466 e. The number of halogens is 1. The summed E-state index contributed by atoms with van der Waals surface area (Å²) < 4.78 is 10.8. The Morgan fingerprint density at radius 2 is 1.92 bits per heavy atom. The summed E-state index contributed by atoms with van der Waals surface area (Å²) in [6, 6.07) is 8.55. The highest BCUT2D eigenvalue weighted by atomic mass is 35.5. The Morgan fingerprint density at radius 3 is 2.58 bits per heavy atom. The molecule has 0 unspecified atom stereocenters. The first-order valence-electron chi connectivity index (χ1n) is 7.21. The van der Waals surface area contributed by atoms with Crippen LogP contribution in [0.4, 0.5) is 10.8 Å².